The molecule has 1 aliphatic rings. The summed E-state index contributed by atoms with van der Waals surface area (Å²) in [5.41, 5.74) is 0. The van der Waals surface area contributed by atoms with Crippen LogP contribution in [-0.4, -0.2) is 38.3 Å². The fraction of sp³-hybridized carbons (Fsp3) is 0.889. The Morgan fingerprint density at radius 2 is 1.54 bits per heavy atom. The maximum absolute atomic E-state index is 3.45. The van der Waals surface area contributed by atoms with Gasteiger partial charge >= 0.3 is 0 Å². The fourth-order valence-corrected chi connectivity index (χ4v) is 1.25. The van der Waals surface area contributed by atoms with Crippen LogP contribution in [-0.2, 0) is 17.1 Å². The first-order valence-electron chi connectivity index (χ1n) is 4.46. The van der Waals surface area contributed by atoms with Gasteiger partial charge in [-0.2, -0.15) is 0 Å². The third-order valence-corrected chi connectivity index (χ3v) is 2.02. The summed E-state index contributed by atoms with van der Waals surface area (Å²) >= 11 is 0. The van der Waals surface area contributed by atoms with Crippen molar-refractivity contribution in [3.05, 3.63) is 7.43 Å². The monoisotopic (exact) mass is 227 g/mol. The second kappa shape index (κ2) is 8.97. The Labute approximate surface area is 92.9 Å². The summed E-state index contributed by atoms with van der Waals surface area (Å²) in [6.07, 6.45) is 0. The number of hydrogen-bond donors (Lipinski definition) is 3. The van der Waals surface area contributed by atoms with E-state index in [1.54, 1.807) is 0 Å². The van der Waals surface area contributed by atoms with Crippen LogP contribution in [0.4, 0.5) is 0 Å². The van der Waals surface area contributed by atoms with E-state index in [9.17, 15) is 0 Å². The van der Waals surface area contributed by atoms with Crippen LogP contribution in [0.15, 0.2) is 0 Å². The largest absolute Gasteiger partial charge is 0.358 e. The van der Waals surface area contributed by atoms with E-state index in [1.807, 2.05) is 0 Å². The van der Waals surface area contributed by atoms with E-state index in [1.165, 1.54) is 0 Å². The van der Waals surface area contributed by atoms with Gasteiger partial charge in [-0.25, -0.2) is 0 Å². The second-order valence-electron chi connectivity index (χ2n) is 3.37. The van der Waals surface area contributed by atoms with E-state index in [0.717, 1.165) is 26.2 Å². The Bertz CT molecular complexity index is 99.0. The molecule has 2 atom stereocenters. The molecule has 0 aromatic rings. The normalized spacial score (nSPS) is 30.0. The molecule has 2 unspecified atom stereocenters. The molecule has 0 aromatic heterocycles. The second-order valence-corrected chi connectivity index (χ2v) is 3.37. The molecule has 1 fully saturated rings. The Morgan fingerprint density at radius 3 is 2.23 bits per heavy atom. The van der Waals surface area contributed by atoms with Crippen molar-refractivity contribution < 1.29 is 17.1 Å². The van der Waals surface area contributed by atoms with Crippen LogP contribution in [0.1, 0.15) is 13.8 Å². The zero-order valence-electron chi connectivity index (χ0n) is 8.86. The molecular formula is C9H22MnN3-. The van der Waals surface area contributed by atoms with Crippen LogP contribution in [0, 0.1) is 7.43 Å². The molecule has 0 bridgehead atoms. The van der Waals surface area contributed by atoms with Crippen LogP contribution in [0.5, 0.6) is 0 Å². The molecule has 1 rings (SSSR count). The van der Waals surface area contributed by atoms with Crippen molar-refractivity contribution >= 4 is 0 Å². The van der Waals surface area contributed by atoms with Gasteiger partial charge in [0.1, 0.15) is 0 Å². The molecule has 0 aromatic carbocycles. The third-order valence-electron chi connectivity index (χ3n) is 2.02. The Morgan fingerprint density at radius 1 is 0.923 bits per heavy atom. The van der Waals surface area contributed by atoms with Crippen molar-refractivity contribution in [1.29, 1.82) is 0 Å². The summed E-state index contributed by atoms with van der Waals surface area (Å²) in [6, 6.07) is 1.19. The average Bonchev–Trinajstić information content (AvgIpc) is 2.06. The predicted molar refractivity (Wildman–Crippen MR) is 54.2 cm³/mol. The van der Waals surface area contributed by atoms with Crippen LogP contribution >= 0.6 is 0 Å². The minimum atomic E-state index is 0. The van der Waals surface area contributed by atoms with E-state index < -0.39 is 0 Å². The van der Waals surface area contributed by atoms with Gasteiger partial charge in [-0.15, -0.1) is 0 Å². The standard InChI is InChI=1S/C8H19N3.CH3.Mn/c1-7-5-9-3-4-10-8(2)6-11-7;;/h7-11H,3-6H2,1-2H3;1H3;/q;-1;. The summed E-state index contributed by atoms with van der Waals surface area (Å²) in [4.78, 5) is 0. The van der Waals surface area contributed by atoms with Gasteiger partial charge in [0, 0.05) is 55.3 Å². The zero-order chi connectivity index (χ0) is 8.10. The van der Waals surface area contributed by atoms with Crippen LogP contribution < -0.4 is 16.0 Å². The zero-order valence-corrected chi connectivity index (χ0v) is 10.0. The first-order valence-corrected chi connectivity index (χ1v) is 4.46. The molecule has 1 aliphatic heterocycles. The topological polar surface area (TPSA) is 36.1 Å². The van der Waals surface area contributed by atoms with Gasteiger partial charge in [-0.1, -0.05) is 0 Å². The van der Waals surface area contributed by atoms with Gasteiger partial charge in [0.05, 0.1) is 0 Å². The molecular weight excluding hydrogens is 205 g/mol. The first-order chi connectivity index (χ1) is 5.29. The smallest absolute Gasteiger partial charge is 0.0164 e. The minimum Gasteiger partial charge on any atom is -0.358 e. The fourth-order valence-electron chi connectivity index (χ4n) is 1.25. The van der Waals surface area contributed by atoms with E-state index in [-0.39, 0.29) is 24.5 Å². The Balaban J connectivity index is 0. The SMILES string of the molecule is CC1CNCCNC(C)CN1.[CH3-].[Mn]. The van der Waals surface area contributed by atoms with Crippen molar-refractivity contribution in [2.45, 2.75) is 25.9 Å². The van der Waals surface area contributed by atoms with Crippen molar-refractivity contribution in [2.24, 2.45) is 0 Å². The summed E-state index contributed by atoms with van der Waals surface area (Å²) < 4.78 is 0. The van der Waals surface area contributed by atoms with Crippen molar-refractivity contribution in [3.8, 4) is 0 Å². The molecule has 1 radical (unpaired) electrons. The number of hydrogen-bond acceptors (Lipinski definition) is 3. The van der Waals surface area contributed by atoms with E-state index in [0.29, 0.717) is 12.1 Å². The molecule has 81 valence electrons. The van der Waals surface area contributed by atoms with E-state index >= 15 is 0 Å². The molecule has 1 saturated heterocycles. The van der Waals surface area contributed by atoms with Gasteiger partial charge in [-0.05, 0) is 13.8 Å². The maximum Gasteiger partial charge on any atom is 0.0164 e. The molecule has 0 spiro atoms. The molecule has 0 aliphatic carbocycles. The van der Waals surface area contributed by atoms with Crippen molar-refractivity contribution in [2.75, 3.05) is 26.2 Å². The van der Waals surface area contributed by atoms with E-state index in [4.69, 9.17) is 0 Å². The minimum absolute atomic E-state index is 0. The first kappa shape index (κ1) is 15.9. The van der Waals surface area contributed by atoms with E-state index in [2.05, 4.69) is 29.8 Å². The number of rotatable bonds is 0. The average molecular weight is 227 g/mol. The summed E-state index contributed by atoms with van der Waals surface area (Å²) in [7, 11) is 0. The molecule has 13 heavy (non-hydrogen) atoms. The maximum atomic E-state index is 3.45. The van der Waals surface area contributed by atoms with Gasteiger partial charge in [0.15, 0.2) is 0 Å². The summed E-state index contributed by atoms with van der Waals surface area (Å²) in [6.45, 7) is 8.74. The summed E-state index contributed by atoms with van der Waals surface area (Å²) in [5.74, 6) is 0. The van der Waals surface area contributed by atoms with Gasteiger partial charge in [0.25, 0.3) is 0 Å². The third kappa shape index (κ3) is 7.47. The van der Waals surface area contributed by atoms with Crippen molar-refractivity contribution in [3.63, 3.8) is 0 Å². The summed E-state index contributed by atoms with van der Waals surface area (Å²) in [5, 5.41) is 10.2. The van der Waals surface area contributed by atoms with Crippen LogP contribution in [0.25, 0.3) is 0 Å². The Kier molecular flexibility index (Phi) is 10.9. The molecule has 3 N–H and O–H groups in total. The Hall–Kier alpha value is 0.399. The van der Waals surface area contributed by atoms with Gasteiger partial charge in [0.2, 0.25) is 0 Å². The predicted octanol–water partition coefficient (Wildman–Crippen LogP) is -0.00641. The van der Waals surface area contributed by atoms with Gasteiger partial charge < -0.3 is 23.4 Å². The molecule has 0 saturated carbocycles. The van der Waals surface area contributed by atoms with Crippen LogP contribution in [0.2, 0.25) is 0 Å². The molecule has 0 amide bonds. The molecule has 4 heteroatoms. The molecule has 3 nitrogen and oxygen atoms in total. The number of nitrogens with one attached hydrogen (secondary N) is 3. The van der Waals surface area contributed by atoms with Crippen LogP contribution in [0.3, 0.4) is 0 Å². The van der Waals surface area contributed by atoms with Crippen molar-refractivity contribution in [1.82, 2.24) is 16.0 Å². The molecule has 1 heterocycles. The quantitative estimate of drug-likeness (QED) is 0.402. The van der Waals surface area contributed by atoms with Gasteiger partial charge in [-0.3, -0.25) is 0 Å².